The molecular formula is C15H26O12. The Morgan fingerprint density at radius 2 is 1.56 bits per heavy atom. The molecule has 2 heterocycles. The number of carbonyl (C=O) groups is 1. The number of hydrogen-bond donors (Lipinski definition) is 7. The molecule has 0 aliphatic carbocycles. The van der Waals surface area contributed by atoms with Gasteiger partial charge in [-0.1, -0.05) is 0 Å². The van der Waals surface area contributed by atoms with Crippen molar-refractivity contribution in [3.05, 3.63) is 0 Å². The van der Waals surface area contributed by atoms with Crippen molar-refractivity contribution in [3.8, 4) is 0 Å². The van der Waals surface area contributed by atoms with Gasteiger partial charge in [0.05, 0.1) is 13.2 Å². The van der Waals surface area contributed by atoms with E-state index >= 15 is 0 Å². The largest absolute Gasteiger partial charge is 0.394 e. The van der Waals surface area contributed by atoms with E-state index in [0.717, 1.165) is 0 Å². The smallest absolute Gasteiger partial charge is 0.187 e. The molecule has 0 bridgehead atoms. The van der Waals surface area contributed by atoms with E-state index in [1.807, 2.05) is 0 Å². The van der Waals surface area contributed by atoms with Crippen LogP contribution in [0.2, 0.25) is 0 Å². The van der Waals surface area contributed by atoms with Gasteiger partial charge >= 0.3 is 0 Å². The zero-order valence-electron chi connectivity index (χ0n) is 14.6. The highest BCUT2D eigenvalue weighted by molar-refractivity contribution is 5.76. The van der Waals surface area contributed by atoms with Crippen molar-refractivity contribution in [1.82, 2.24) is 0 Å². The molecule has 0 unspecified atom stereocenters. The first kappa shape index (κ1) is 22.5. The molecule has 0 aromatic carbocycles. The Morgan fingerprint density at radius 3 is 2.15 bits per heavy atom. The lowest BCUT2D eigenvalue weighted by molar-refractivity contribution is -0.355. The van der Waals surface area contributed by atoms with Crippen LogP contribution in [0.5, 0.6) is 0 Å². The van der Waals surface area contributed by atoms with Crippen molar-refractivity contribution in [1.29, 1.82) is 0 Å². The lowest BCUT2D eigenvalue weighted by Gasteiger charge is -2.45. The second kappa shape index (κ2) is 9.62. The van der Waals surface area contributed by atoms with Crippen LogP contribution in [-0.2, 0) is 23.7 Å². The summed E-state index contributed by atoms with van der Waals surface area (Å²) < 4.78 is 20.7. The van der Waals surface area contributed by atoms with Crippen molar-refractivity contribution >= 4 is 5.78 Å². The van der Waals surface area contributed by atoms with Gasteiger partial charge in [0.1, 0.15) is 55.4 Å². The van der Waals surface area contributed by atoms with Crippen LogP contribution in [0.4, 0.5) is 0 Å². The average molecular weight is 398 g/mol. The lowest BCUT2D eigenvalue weighted by atomic mass is 9.97. The van der Waals surface area contributed by atoms with E-state index in [1.54, 1.807) is 0 Å². The van der Waals surface area contributed by atoms with Gasteiger partial charge in [0.2, 0.25) is 0 Å². The molecule has 2 saturated heterocycles. The highest BCUT2D eigenvalue weighted by atomic mass is 16.7. The summed E-state index contributed by atoms with van der Waals surface area (Å²) in [5, 5.41) is 68.7. The minimum absolute atomic E-state index is 0.247. The molecule has 27 heavy (non-hydrogen) atoms. The molecule has 0 spiro atoms. The molecule has 0 saturated carbocycles. The number of Topliss-reactive ketones (excluding diaryl/α,β-unsaturated/α-hetero) is 1. The summed E-state index contributed by atoms with van der Waals surface area (Å²) in [4.78, 5) is 10.9. The minimum atomic E-state index is -1.76. The van der Waals surface area contributed by atoms with Crippen LogP contribution in [0.25, 0.3) is 0 Å². The topological polar surface area (TPSA) is 196 Å². The van der Waals surface area contributed by atoms with Crippen molar-refractivity contribution in [2.75, 3.05) is 19.8 Å². The number of aliphatic hydroxyl groups excluding tert-OH is 7. The van der Waals surface area contributed by atoms with Crippen LogP contribution in [0.1, 0.15) is 6.92 Å². The fourth-order valence-electron chi connectivity index (χ4n) is 2.88. The Balaban J connectivity index is 2.07. The predicted octanol–water partition coefficient (Wildman–Crippen LogP) is -4.78. The number of aliphatic hydroxyl groups is 7. The maximum atomic E-state index is 10.9. The zero-order chi connectivity index (χ0) is 20.3. The summed E-state index contributed by atoms with van der Waals surface area (Å²) in [6, 6.07) is 0. The predicted molar refractivity (Wildman–Crippen MR) is 83.0 cm³/mol. The van der Waals surface area contributed by atoms with Crippen LogP contribution in [0, 0.1) is 0 Å². The summed E-state index contributed by atoms with van der Waals surface area (Å²) in [5.74, 6) is -0.269. The Labute approximate surface area is 154 Å². The summed E-state index contributed by atoms with van der Waals surface area (Å²) in [7, 11) is 0. The molecule has 0 amide bonds. The minimum Gasteiger partial charge on any atom is -0.394 e. The molecule has 12 nitrogen and oxygen atoms in total. The van der Waals surface area contributed by atoms with Crippen LogP contribution in [-0.4, -0.2) is 123 Å². The van der Waals surface area contributed by atoms with Gasteiger partial charge in [-0.3, -0.25) is 4.79 Å². The van der Waals surface area contributed by atoms with E-state index in [0.29, 0.717) is 0 Å². The third-order valence-corrected chi connectivity index (χ3v) is 4.39. The van der Waals surface area contributed by atoms with E-state index in [1.165, 1.54) is 6.92 Å². The van der Waals surface area contributed by atoms with E-state index in [-0.39, 0.29) is 19.0 Å². The first-order valence-corrected chi connectivity index (χ1v) is 8.40. The molecule has 2 rings (SSSR count). The number of carbonyl (C=O) groups excluding carboxylic acids is 1. The van der Waals surface area contributed by atoms with Gasteiger partial charge in [-0.05, 0) is 6.92 Å². The fourth-order valence-corrected chi connectivity index (χ4v) is 2.88. The molecule has 2 fully saturated rings. The van der Waals surface area contributed by atoms with Gasteiger partial charge in [0, 0.05) is 0 Å². The normalized spacial score (nSPS) is 45.6. The Morgan fingerprint density at radius 1 is 0.889 bits per heavy atom. The maximum absolute atomic E-state index is 10.9. The third-order valence-electron chi connectivity index (χ3n) is 4.39. The second-order valence-corrected chi connectivity index (χ2v) is 6.56. The van der Waals surface area contributed by atoms with Crippen LogP contribution < -0.4 is 0 Å². The van der Waals surface area contributed by atoms with Gasteiger partial charge in [0.15, 0.2) is 18.4 Å². The van der Waals surface area contributed by atoms with E-state index in [9.17, 15) is 40.5 Å². The molecule has 2 aliphatic heterocycles. The van der Waals surface area contributed by atoms with Gasteiger partial charge in [-0.2, -0.15) is 0 Å². The monoisotopic (exact) mass is 398 g/mol. The molecule has 158 valence electrons. The lowest BCUT2D eigenvalue weighted by Crippen LogP contribution is -2.64. The van der Waals surface area contributed by atoms with Crippen molar-refractivity contribution in [2.45, 2.75) is 68.3 Å². The third kappa shape index (κ3) is 5.19. The van der Waals surface area contributed by atoms with Crippen molar-refractivity contribution in [3.63, 3.8) is 0 Å². The molecule has 2 aliphatic rings. The fraction of sp³-hybridized carbons (Fsp3) is 0.933. The molecular weight excluding hydrogens is 372 g/mol. The van der Waals surface area contributed by atoms with Gasteiger partial charge in [-0.15, -0.1) is 0 Å². The van der Waals surface area contributed by atoms with Crippen molar-refractivity contribution in [2.24, 2.45) is 0 Å². The molecule has 0 radical (unpaired) electrons. The summed E-state index contributed by atoms with van der Waals surface area (Å²) in [6.45, 7) is 0.0635. The standard InChI is InChI=1S/C15H26O12/c1-5(17)3-24-4-7-8(18)9(19)12(22)15(26-7)27-13-6(2-16)25-14(23)11(21)10(13)20/h6-16,18-23H,2-4H2,1H3/t6-,7-,8+,9+,10-,11-,12-,13-,14+,15+/m1/s1. The second-order valence-electron chi connectivity index (χ2n) is 6.56. The molecule has 12 heteroatoms. The molecule has 0 aromatic heterocycles. The number of rotatable bonds is 7. The zero-order valence-corrected chi connectivity index (χ0v) is 14.6. The molecule has 7 N–H and O–H groups in total. The number of ether oxygens (including phenoxy) is 4. The summed E-state index contributed by atoms with van der Waals surface area (Å²) in [6.07, 6.45) is -15.6. The van der Waals surface area contributed by atoms with E-state index < -0.39 is 68.0 Å². The Bertz CT molecular complexity index is 487. The molecule has 10 atom stereocenters. The Kier molecular flexibility index (Phi) is 8.03. The van der Waals surface area contributed by atoms with Crippen LogP contribution in [0.3, 0.4) is 0 Å². The summed E-state index contributed by atoms with van der Waals surface area (Å²) in [5.41, 5.74) is 0. The first-order valence-electron chi connectivity index (χ1n) is 8.40. The van der Waals surface area contributed by atoms with E-state index in [2.05, 4.69) is 0 Å². The van der Waals surface area contributed by atoms with Crippen LogP contribution >= 0.6 is 0 Å². The number of hydrogen-bond acceptors (Lipinski definition) is 12. The average Bonchev–Trinajstić information content (AvgIpc) is 2.63. The maximum Gasteiger partial charge on any atom is 0.187 e. The highest BCUT2D eigenvalue weighted by Crippen LogP contribution is 2.28. The quantitative estimate of drug-likeness (QED) is 0.216. The highest BCUT2D eigenvalue weighted by Gasteiger charge is 2.50. The SMILES string of the molecule is CC(=O)COC[C@H]1O[C@@H](O[C@H]2[C@H](O)[C@@H](O)[C@@H](O)O[C@@H]2CO)[C@H](O)[C@@H](O)[C@H]1O. The van der Waals surface area contributed by atoms with Crippen molar-refractivity contribution < 1.29 is 59.5 Å². The first-order chi connectivity index (χ1) is 12.7. The summed E-state index contributed by atoms with van der Waals surface area (Å²) >= 11 is 0. The van der Waals surface area contributed by atoms with Gasteiger partial charge < -0.3 is 54.7 Å². The van der Waals surface area contributed by atoms with E-state index in [4.69, 9.17) is 18.9 Å². The number of ketones is 1. The van der Waals surface area contributed by atoms with Gasteiger partial charge in [-0.25, -0.2) is 0 Å². The Hall–Kier alpha value is -0.770. The van der Waals surface area contributed by atoms with Gasteiger partial charge in [0.25, 0.3) is 0 Å². The molecule has 0 aromatic rings. The van der Waals surface area contributed by atoms with Crippen LogP contribution in [0.15, 0.2) is 0 Å².